The Morgan fingerprint density at radius 3 is 2.65 bits per heavy atom. The monoisotopic (exact) mass is 229 g/mol. The number of carboxylic acids is 1. The number of aromatic carboxylic acids is 1. The smallest absolute Gasteiger partial charge is 0.355 e. The normalized spacial score (nSPS) is 10.2. The van der Waals surface area contributed by atoms with Gasteiger partial charge in [-0.1, -0.05) is 24.3 Å². The summed E-state index contributed by atoms with van der Waals surface area (Å²) in [4.78, 5) is 18.7. The zero-order chi connectivity index (χ0) is 12.4. The van der Waals surface area contributed by atoms with E-state index in [1.54, 1.807) is 6.07 Å². The van der Waals surface area contributed by atoms with E-state index in [1.807, 2.05) is 25.1 Å². The number of aryl methyl sites for hydroxylation is 1. The van der Waals surface area contributed by atoms with Crippen LogP contribution in [-0.4, -0.2) is 21.0 Å². The van der Waals surface area contributed by atoms with E-state index in [1.165, 1.54) is 0 Å². The topological polar surface area (TPSA) is 89.1 Å². The van der Waals surface area contributed by atoms with Gasteiger partial charge >= 0.3 is 5.97 Å². The Balaban J connectivity index is 2.75. The molecule has 0 atom stereocenters. The second kappa shape index (κ2) is 4.21. The molecule has 0 saturated heterocycles. The molecule has 1 heterocycles. The minimum Gasteiger partial charge on any atom is -0.476 e. The van der Waals surface area contributed by atoms with Gasteiger partial charge in [0.1, 0.15) is 12.1 Å². The van der Waals surface area contributed by atoms with Gasteiger partial charge in [0.25, 0.3) is 0 Å². The first kappa shape index (κ1) is 11.1. The first-order chi connectivity index (χ1) is 8.11. The van der Waals surface area contributed by atoms with Gasteiger partial charge in [0.2, 0.25) is 0 Å². The van der Waals surface area contributed by atoms with E-state index < -0.39 is 5.97 Å². The van der Waals surface area contributed by atoms with Crippen LogP contribution in [0, 0.1) is 6.92 Å². The van der Waals surface area contributed by atoms with Gasteiger partial charge in [-0.25, -0.2) is 14.8 Å². The van der Waals surface area contributed by atoms with Crippen LogP contribution in [0.4, 0.5) is 5.82 Å². The Kier molecular flexibility index (Phi) is 2.74. The van der Waals surface area contributed by atoms with Crippen LogP contribution < -0.4 is 5.73 Å². The Hall–Kier alpha value is -2.43. The number of carbonyl (C=O) groups is 1. The highest BCUT2D eigenvalue weighted by molar-refractivity contribution is 5.97. The molecule has 0 aliphatic heterocycles. The number of carboxylic acid groups (broad SMARTS) is 1. The highest BCUT2D eigenvalue weighted by atomic mass is 16.4. The molecule has 0 spiro atoms. The molecule has 1 aromatic heterocycles. The van der Waals surface area contributed by atoms with E-state index in [0.29, 0.717) is 5.56 Å². The lowest BCUT2D eigenvalue weighted by Gasteiger charge is -2.10. The Morgan fingerprint density at radius 1 is 1.29 bits per heavy atom. The van der Waals surface area contributed by atoms with Crippen molar-refractivity contribution in [1.82, 2.24) is 9.97 Å². The summed E-state index contributed by atoms with van der Waals surface area (Å²) in [6.07, 6.45) is 1.15. The van der Waals surface area contributed by atoms with E-state index in [-0.39, 0.29) is 11.5 Å². The van der Waals surface area contributed by atoms with Crippen LogP contribution >= 0.6 is 0 Å². The van der Waals surface area contributed by atoms with Crippen molar-refractivity contribution >= 4 is 11.8 Å². The lowest BCUT2D eigenvalue weighted by atomic mass is 9.99. The fraction of sp³-hybridized carbons (Fsp3) is 0.0833. The SMILES string of the molecule is Cc1ccccc1-c1c(N)ncnc1C(=O)O. The van der Waals surface area contributed by atoms with Gasteiger partial charge in [-0.05, 0) is 18.1 Å². The third-order valence-corrected chi connectivity index (χ3v) is 2.49. The Morgan fingerprint density at radius 2 is 2.00 bits per heavy atom. The van der Waals surface area contributed by atoms with E-state index in [2.05, 4.69) is 9.97 Å². The fourth-order valence-corrected chi connectivity index (χ4v) is 1.68. The maximum atomic E-state index is 11.1. The Bertz CT molecular complexity index is 582. The molecule has 0 radical (unpaired) electrons. The number of hydrogen-bond acceptors (Lipinski definition) is 4. The van der Waals surface area contributed by atoms with E-state index in [4.69, 9.17) is 10.8 Å². The molecule has 0 aliphatic carbocycles. The van der Waals surface area contributed by atoms with Gasteiger partial charge in [-0.3, -0.25) is 0 Å². The maximum Gasteiger partial charge on any atom is 0.355 e. The molecule has 0 amide bonds. The average Bonchev–Trinajstić information content (AvgIpc) is 2.30. The summed E-state index contributed by atoms with van der Waals surface area (Å²) in [6, 6.07) is 7.38. The predicted octanol–water partition coefficient (Wildman–Crippen LogP) is 1.73. The second-order valence-electron chi connectivity index (χ2n) is 3.60. The second-order valence-corrected chi connectivity index (χ2v) is 3.60. The molecule has 3 N–H and O–H groups in total. The van der Waals surface area contributed by atoms with Crippen molar-refractivity contribution in [1.29, 1.82) is 0 Å². The lowest BCUT2D eigenvalue weighted by Crippen LogP contribution is -2.08. The summed E-state index contributed by atoms with van der Waals surface area (Å²) >= 11 is 0. The van der Waals surface area contributed by atoms with Crippen molar-refractivity contribution in [2.24, 2.45) is 0 Å². The molecule has 0 aliphatic rings. The van der Waals surface area contributed by atoms with Gasteiger partial charge < -0.3 is 10.8 Å². The van der Waals surface area contributed by atoms with Crippen molar-refractivity contribution in [2.45, 2.75) is 6.92 Å². The molecule has 0 saturated carbocycles. The van der Waals surface area contributed by atoms with Crippen molar-refractivity contribution in [3.05, 3.63) is 41.9 Å². The molecule has 2 aromatic rings. The summed E-state index contributed by atoms with van der Waals surface area (Å²) in [7, 11) is 0. The van der Waals surface area contributed by atoms with Crippen molar-refractivity contribution in [3.63, 3.8) is 0 Å². The molecule has 17 heavy (non-hydrogen) atoms. The predicted molar refractivity (Wildman–Crippen MR) is 63.6 cm³/mol. The number of rotatable bonds is 2. The largest absolute Gasteiger partial charge is 0.476 e. The number of nitrogen functional groups attached to an aromatic ring is 1. The number of nitrogens with zero attached hydrogens (tertiary/aromatic N) is 2. The molecule has 0 bridgehead atoms. The van der Waals surface area contributed by atoms with Crippen molar-refractivity contribution in [2.75, 3.05) is 5.73 Å². The highest BCUT2D eigenvalue weighted by Gasteiger charge is 2.18. The zero-order valence-corrected chi connectivity index (χ0v) is 9.21. The van der Waals surface area contributed by atoms with Crippen molar-refractivity contribution < 1.29 is 9.90 Å². The average molecular weight is 229 g/mol. The van der Waals surface area contributed by atoms with E-state index in [0.717, 1.165) is 17.5 Å². The minimum atomic E-state index is -1.11. The quantitative estimate of drug-likeness (QED) is 0.818. The highest BCUT2D eigenvalue weighted by Crippen LogP contribution is 2.29. The molecule has 2 rings (SSSR count). The van der Waals surface area contributed by atoms with Crippen LogP contribution in [-0.2, 0) is 0 Å². The summed E-state index contributed by atoms with van der Waals surface area (Å²) in [5.74, 6) is -0.941. The number of aromatic nitrogens is 2. The molecular formula is C12H11N3O2. The first-order valence-electron chi connectivity index (χ1n) is 5.01. The molecule has 1 aromatic carbocycles. The molecule has 5 heteroatoms. The minimum absolute atomic E-state index is 0.0770. The number of hydrogen-bond donors (Lipinski definition) is 2. The van der Waals surface area contributed by atoms with Crippen LogP contribution in [0.5, 0.6) is 0 Å². The van der Waals surface area contributed by atoms with Crippen LogP contribution in [0.25, 0.3) is 11.1 Å². The standard InChI is InChI=1S/C12H11N3O2/c1-7-4-2-3-5-8(7)9-10(12(16)17)14-6-15-11(9)13/h2-6H,1H3,(H,16,17)(H2,13,14,15). The first-order valence-corrected chi connectivity index (χ1v) is 5.01. The number of anilines is 1. The van der Waals surface area contributed by atoms with E-state index in [9.17, 15) is 4.79 Å². The van der Waals surface area contributed by atoms with Crippen LogP contribution in [0.15, 0.2) is 30.6 Å². The molecule has 0 fully saturated rings. The van der Waals surface area contributed by atoms with Gasteiger partial charge in [-0.15, -0.1) is 0 Å². The van der Waals surface area contributed by atoms with Gasteiger partial charge in [0.05, 0.1) is 5.56 Å². The van der Waals surface area contributed by atoms with E-state index >= 15 is 0 Å². The third kappa shape index (κ3) is 1.94. The third-order valence-electron chi connectivity index (χ3n) is 2.49. The zero-order valence-electron chi connectivity index (χ0n) is 9.21. The molecular weight excluding hydrogens is 218 g/mol. The molecule has 5 nitrogen and oxygen atoms in total. The molecule has 0 unspecified atom stereocenters. The van der Waals surface area contributed by atoms with Gasteiger partial charge in [0.15, 0.2) is 5.69 Å². The summed E-state index contributed by atoms with van der Waals surface area (Å²) in [5, 5.41) is 9.10. The molecule has 86 valence electrons. The Labute approximate surface area is 98.0 Å². The number of nitrogens with two attached hydrogens (primary N) is 1. The summed E-state index contributed by atoms with van der Waals surface area (Å²) < 4.78 is 0. The summed E-state index contributed by atoms with van der Waals surface area (Å²) in [5.41, 5.74) is 7.71. The van der Waals surface area contributed by atoms with Crippen LogP contribution in [0.1, 0.15) is 16.1 Å². The number of benzene rings is 1. The van der Waals surface area contributed by atoms with Crippen LogP contribution in [0.2, 0.25) is 0 Å². The van der Waals surface area contributed by atoms with Gasteiger partial charge in [-0.2, -0.15) is 0 Å². The maximum absolute atomic E-state index is 11.1. The van der Waals surface area contributed by atoms with Crippen molar-refractivity contribution in [3.8, 4) is 11.1 Å². The lowest BCUT2D eigenvalue weighted by molar-refractivity contribution is 0.0691. The van der Waals surface area contributed by atoms with Crippen LogP contribution in [0.3, 0.4) is 0 Å². The van der Waals surface area contributed by atoms with Gasteiger partial charge in [0, 0.05) is 0 Å². The fourth-order valence-electron chi connectivity index (χ4n) is 1.68. The summed E-state index contributed by atoms with van der Waals surface area (Å²) in [6.45, 7) is 1.88.